The van der Waals surface area contributed by atoms with E-state index in [-0.39, 0.29) is 37.5 Å². The minimum atomic E-state index is -0.800. The first-order valence-corrected chi connectivity index (χ1v) is 31.9. The van der Waals surface area contributed by atoms with Crippen LogP contribution in [0.4, 0.5) is 0 Å². The van der Waals surface area contributed by atoms with Crippen LogP contribution in [0.25, 0.3) is 0 Å². The van der Waals surface area contributed by atoms with Crippen molar-refractivity contribution in [1.29, 1.82) is 0 Å². The van der Waals surface area contributed by atoms with Crippen LogP contribution in [0.15, 0.2) is 72.9 Å². The molecule has 0 aliphatic heterocycles. The van der Waals surface area contributed by atoms with Crippen LogP contribution >= 0.6 is 0 Å². The zero-order chi connectivity index (χ0) is 53.6. The summed E-state index contributed by atoms with van der Waals surface area (Å²) >= 11 is 0. The van der Waals surface area contributed by atoms with Crippen LogP contribution in [-0.2, 0) is 28.6 Å². The second-order valence-electron chi connectivity index (χ2n) is 21.3. The van der Waals surface area contributed by atoms with Gasteiger partial charge in [0.05, 0.1) is 0 Å². The minimum Gasteiger partial charge on any atom is -0.462 e. The largest absolute Gasteiger partial charge is 0.462 e. The Morgan fingerprint density at radius 1 is 0.284 bits per heavy atom. The Morgan fingerprint density at radius 2 is 0.527 bits per heavy atom. The van der Waals surface area contributed by atoms with E-state index in [9.17, 15) is 14.4 Å². The third-order valence-electron chi connectivity index (χ3n) is 13.9. The Bertz CT molecular complexity index is 1370. The van der Waals surface area contributed by atoms with Gasteiger partial charge in [-0.15, -0.1) is 0 Å². The van der Waals surface area contributed by atoms with Gasteiger partial charge in [0.2, 0.25) is 0 Å². The quantitative estimate of drug-likeness (QED) is 0.0261. The fraction of sp³-hybridized carbons (Fsp3) is 0.779. The molecule has 0 radical (unpaired) electrons. The SMILES string of the molecule is CC/C=C\C/C=C\C/C=C\C/C=C\CCCCC(=O)OC(COC(=O)CCCCCCC/C=C\CCCCC)COC(=O)CCCCCCCCCCCCCCCCCCC/C=C\CCCCCCCCCC. The van der Waals surface area contributed by atoms with E-state index in [0.717, 1.165) is 83.5 Å². The molecule has 0 heterocycles. The van der Waals surface area contributed by atoms with E-state index >= 15 is 0 Å². The summed E-state index contributed by atoms with van der Waals surface area (Å²) in [4.78, 5) is 38.2. The van der Waals surface area contributed by atoms with Gasteiger partial charge in [0.25, 0.3) is 0 Å². The Labute approximate surface area is 459 Å². The predicted molar refractivity (Wildman–Crippen MR) is 321 cm³/mol. The number of allylic oxidation sites excluding steroid dienone is 12. The molecular formula is C68H120O6. The predicted octanol–water partition coefficient (Wildman–Crippen LogP) is 21.7. The van der Waals surface area contributed by atoms with Gasteiger partial charge in [-0.3, -0.25) is 14.4 Å². The van der Waals surface area contributed by atoms with Crippen molar-refractivity contribution in [2.45, 2.75) is 329 Å². The molecule has 6 heteroatoms. The molecule has 0 N–H and O–H groups in total. The average molecular weight is 1030 g/mol. The molecule has 0 aliphatic rings. The smallest absolute Gasteiger partial charge is 0.306 e. The van der Waals surface area contributed by atoms with Crippen molar-refractivity contribution in [3.8, 4) is 0 Å². The fourth-order valence-electron chi connectivity index (χ4n) is 9.13. The van der Waals surface area contributed by atoms with Gasteiger partial charge in [0.15, 0.2) is 6.10 Å². The molecule has 0 aromatic heterocycles. The summed E-state index contributed by atoms with van der Waals surface area (Å²) in [5.74, 6) is -0.933. The van der Waals surface area contributed by atoms with E-state index < -0.39 is 6.10 Å². The first-order chi connectivity index (χ1) is 36.5. The highest BCUT2D eigenvalue weighted by Crippen LogP contribution is 2.17. The van der Waals surface area contributed by atoms with Crippen molar-refractivity contribution >= 4 is 17.9 Å². The average Bonchev–Trinajstić information content (AvgIpc) is 3.40. The van der Waals surface area contributed by atoms with Gasteiger partial charge in [0.1, 0.15) is 13.2 Å². The van der Waals surface area contributed by atoms with Gasteiger partial charge < -0.3 is 14.2 Å². The highest BCUT2D eigenvalue weighted by molar-refractivity contribution is 5.71. The van der Waals surface area contributed by atoms with Gasteiger partial charge in [-0.1, -0.05) is 267 Å². The van der Waals surface area contributed by atoms with E-state index in [2.05, 4.69) is 93.7 Å². The van der Waals surface area contributed by atoms with Crippen LogP contribution in [0.2, 0.25) is 0 Å². The highest BCUT2D eigenvalue weighted by atomic mass is 16.6. The Hall–Kier alpha value is -3.15. The summed E-state index contributed by atoms with van der Waals surface area (Å²) < 4.78 is 16.8. The van der Waals surface area contributed by atoms with E-state index in [0.29, 0.717) is 19.3 Å². The number of hydrogen-bond donors (Lipinski definition) is 0. The van der Waals surface area contributed by atoms with Crippen LogP contribution in [0.1, 0.15) is 323 Å². The topological polar surface area (TPSA) is 78.9 Å². The van der Waals surface area contributed by atoms with Crippen molar-refractivity contribution < 1.29 is 28.6 Å². The third-order valence-corrected chi connectivity index (χ3v) is 13.9. The lowest BCUT2D eigenvalue weighted by Gasteiger charge is -2.18. The number of rotatable bonds is 58. The number of carbonyl (C=O) groups is 3. The lowest BCUT2D eigenvalue weighted by atomic mass is 10.0. The molecule has 0 saturated carbocycles. The van der Waals surface area contributed by atoms with Gasteiger partial charge in [-0.05, 0) is 109 Å². The molecule has 74 heavy (non-hydrogen) atoms. The van der Waals surface area contributed by atoms with Crippen LogP contribution in [0.5, 0.6) is 0 Å². The summed E-state index contributed by atoms with van der Waals surface area (Å²) in [5, 5.41) is 0. The van der Waals surface area contributed by atoms with Crippen molar-refractivity contribution in [2.24, 2.45) is 0 Å². The maximum absolute atomic E-state index is 12.8. The van der Waals surface area contributed by atoms with Crippen LogP contribution in [0.3, 0.4) is 0 Å². The summed E-state index contributed by atoms with van der Waals surface area (Å²) in [6, 6.07) is 0. The van der Waals surface area contributed by atoms with Gasteiger partial charge in [-0.2, -0.15) is 0 Å². The van der Waals surface area contributed by atoms with Crippen LogP contribution < -0.4 is 0 Å². The first kappa shape index (κ1) is 70.8. The Morgan fingerprint density at radius 3 is 0.892 bits per heavy atom. The number of hydrogen-bond acceptors (Lipinski definition) is 6. The van der Waals surface area contributed by atoms with E-state index in [1.807, 2.05) is 0 Å². The van der Waals surface area contributed by atoms with Gasteiger partial charge >= 0.3 is 17.9 Å². The molecule has 0 aliphatic carbocycles. The van der Waals surface area contributed by atoms with Crippen molar-refractivity contribution in [3.63, 3.8) is 0 Å². The van der Waals surface area contributed by atoms with Crippen LogP contribution in [0, 0.1) is 0 Å². The van der Waals surface area contributed by atoms with Crippen molar-refractivity contribution in [1.82, 2.24) is 0 Å². The molecule has 428 valence electrons. The normalized spacial score (nSPS) is 12.5. The van der Waals surface area contributed by atoms with Gasteiger partial charge in [-0.25, -0.2) is 0 Å². The Kier molecular flexibility index (Phi) is 59.7. The van der Waals surface area contributed by atoms with Gasteiger partial charge in [0, 0.05) is 19.3 Å². The number of ether oxygens (including phenoxy) is 3. The summed E-state index contributed by atoms with van der Waals surface area (Å²) in [7, 11) is 0. The zero-order valence-electron chi connectivity index (χ0n) is 49.1. The molecule has 0 amide bonds. The van der Waals surface area contributed by atoms with Crippen molar-refractivity contribution in [3.05, 3.63) is 72.9 Å². The first-order valence-electron chi connectivity index (χ1n) is 31.9. The molecule has 6 nitrogen and oxygen atoms in total. The number of carbonyl (C=O) groups excluding carboxylic acids is 3. The zero-order valence-corrected chi connectivity index (χ0v) is 49.1. The summed E-state index contributed by atoms with van der Waals surface area (Å²) in [6.45, 7) is 6.49. The molecular weight excluding hydrogens is 913 g/mol. The molecule has 1 atom stereocenters. The maximum Gasteiger partial charge on any atom is 0.306 e. The second kappa shape index (κ2) is 62.4. The molecule has 0 aromatic carbocycles. The number of esters is 3. The number of unbranched alkanes of at least 4 members (excludes halogenated alkanes) is 35. The molecule has 0 bridgehead atoms. The third kappa shape index (κ3) is 59.7. The standard InChI is InChI=1S/C68H120O6/c1-4-7-10-13-16-19-22-25-27-28-29-30-31-32-33-34-35-36-37-38-39-40-42-43-46-49-52-55-58-61-67(70)73-64-65(63-72-66(69)60-57-54-51-48-45-24-21-18-15-12-9-6-3)74-68(71)62-59-56-53-50-47-44-41-26-23-20-17-14-11-8-5-2/h8,11,17-18,20-21,26,28-29,41,47,50,65H,4-7,9-10,12-16,19,22-25,27,30-40,42-46,48-49,51-64H2,1-3H3/b11-8-,20-17-,21-18-,29-28-,41-26-,50-47-. The van der Waals surface area contributed by atoms with Crippen molar-refractivity contribution in [2.75, 3.05) is 13.2 Å². The lowest BCUT2D eigenvalue weighted by molar-refractivity contribution is -0.167. The van der Waals surface area contributed by atoms with E-state index in [1.165, 1.54) is 193 Å². The minimum absolute atomic E-state index is 0.0927. The highest BCUT2D eigenvalue weighted by Gasteiger charge is 2.19. The lowest BCUT2D eigenvalue weighted by Crippen LogP contribution is -2.30. The molecule has 0 spiro atoms. The monoisotopic (exact) mass is 1030 g/mol. The molecule has 0 saturated heterocycles. The van der Waals surface area contributed by atoms with E-state index in [1.54, 1.807) is 0 Å². The Balaban J connectivity index is 4.20. The molecule has 1 unspecified atom stereocenters. The molecule has 0 aromatic rings. The summed E-state index contributed by atoms with van der Waals surface area (Å²) in [6.07, 6.45) is 80.8. The molecule has 0 rings (SSSR count). The second-order valence-corrected chi connectivity index (χ2v) is 21.3. The molecule has 0 fully saturated rings. The van der Waals surface area contributed by atoms with Crippen LogP contribution in [-0.4, -0.2) is 37.2 Å². The summed E-state index contributed by atoms with van der Waals surface area (Å²) in [5.41, 5.74) is 0. The van der Waals surface area contributed by atoms with E-state index in [4.69, 9.17) is 14.2 Å². The maximum atomic E-state index is 12.8. The fourth-order valence-corrected chi connectivity index (χ4v) is 9.13.